The number of ether oxygens (including phenoxy) is 1. The van der Waals surface area contributed by atoms with Gasteiger partial charge >= 0.3 is 0 Å². The van der Waals surface area contributed by atoms with Crippen LogP contribution in [-0.4, -0.2) is 6.61 Å². The van der Waals surface area contributed by atoms with Crippen molar-refractivity contribution >= 4 is 0 Å². The van der Waals surface area contributed by atoms with Crippen LogP contribution < -0.4 is 4.74 Å². The fourth-order valence-electron chi connectivity index (χ4n) is 3.02. The van der Waals surface area contributed by atoms with Gasteiger partial charge in [-0.3, -0.25) is 0 Å². The lowest BCUT2D eigenvalue weighted by atomic mass is 9.88. The summed E-state index contributed by atoms with van der Waals surface area (Å²) in [5.74, 6) is 0.779. The third kappa shape index (κ3) is 3.68. The average molecular weight is 293 g/mol. The topological polar surface area (TPSA) is 33.0 Å². The van der Waals surface area contributed by atoms with Crippen LogP contribution in [0, 0.1) is 39.0 Å². The van der Waals surface area contributed by atoms with Crippen LogP contribution in [0.15, 0.2) is 36.4 Å². The molecular formula is C20H23NO. The number of benzene rings is 2. The van der Waals surface area contributed by atoms with Gasteiger partial charge in [-0.05, 0) is 56.0 Å². The average Bonchev–Trinajstić information content (AvgIpc) is 2.46. The predicted molar refractivity (Wildman–Crippen MR) is 90.3 cm³/mol. The zero-order chi connectivity index (χ0) is 16.1. The molecular weight excluding hydrogens is 270 g/mol. The van der Waals surface area contributed by atoms with Gasteiger partial charge in [-0.25, -0.2) is 0 Å². The van der Waals surface area contributed by atoms with E-state index in [1.807, 2.05) is 31.2 Å². The lowest BCUT2D eigenvalue weighted by molar-refractivity contribution is 0.304. The van der Waals surface area contributed by atoms with Crippen molar-refractivity contribution in [3.8, 4) is 11.8 Å². The Kier molecular flexibility index (Phi) is 5.22. The minimum absolute atomic E-state index is 0.121. The van der Waals surface area contributed by atoms with Crippen LogP contribution in [-0.2, 0) is 0 Å². The summed E-state index contributed by atoms with van der Waals surface area (Å²) >= 11 is 0. The molecule has 2 heteroatoms. The van der Waals surface area contributed by atoms with E-state index in [4.69, 9.17) is 4.74 Å². The van der Waals surface area contributed by atoms with Crippen molar-refractivity contribution in [2.75, 3.05) is 6.61 Å². The van der Waals surface area contributed by atoms with Crippen LogP contribution >= 0.6 is 0 Å². The van der Waals surface area contributed by atoms with Gasteiger partial charge in [0, 0.05) is 6.42 Å². The van der Waals surface area contributed by atoms with Crippen LogP contribution in [0.1, 0.15) is 40.2 Å². The Morgan fingerprint density at radius 2 is 1.64 bits per heavy atom. The van der Waals surface area contributed by atoms with Crippen LogP contribution in [0.5, 0.6) is 5.75 Å². The highest BCUT2D eigenvalue weighted by atomic mass is 16.5. The number of rotatable bonds is 5. The quantitative estimate of drug-likeness (QED) is 0.777. The largest absolute Gasteiger partial charge is 0.493 e. The van der Waals surface area contributed by atoms with Gasteiger partial charge in [0.2, 0.25) is 0 Å². The van der Waals surface area contributed by atoms with E-state index in [0.29, 0.717) is 13.0 Å². The van der Waals surface area contributed by atoms with E-state index in [-0.39, 0.29) is 5.92 Å². The molecule has 0 bridgehead atoms. The predicted octanol–water partition coefficient (Wildman–Crippen LogP) is 5.00. The molecule has 0 aromatic heterocycles. The van der Waals surface area contributed by atoms with Gasteiger partial charge < -0.3 is 4.74 Å². The van der Waals surface area contributed by atoms with Crippen LogP contribution in [0.4, 0.5) is 0 Å². The maximum Gasteiger partial charge on any atom is 0.122 e. The molecule has 0 spiro atoms. The van der Waals surface area contributed by atoms with E-state index < -0.39 is 0 Å². The van der Waals surface area contributed by atoms with Gasteiger partial charge in [-0.1, -0.05) is 35.9 Å². The molecule has 0 aliphatic carbocycles. The molecule has 1 unspecified atom stereocenters. The van der Waals surface area contributed by atoms with Gasteiger partial charge in [0.15, 0.2) is 0 Å². The monoisotopic (exact) mass is 293 g/mol. The third-order valence-electron chi connectivity index (χ3n) is 4.00. The van der Waals surface area contributed by atoms with Crippen LogP contribution in [0.2, 0.25) is 0 Å². The highest BCUT2D eigenvalue weighted by Gasteiger charge is 2.16. The van der Waals surface area contributed by atoms with Crippen molar-refractivity contribution in [2.45, 2.75) is 40.0 Å². The number of aryl methyl sites for hydroxylation is 4. The van der Waals surface area contributed by atoms with E-state index in [0.717, 1.165) is 16.9 Å². The van der Waals surface area contributed by atoms with Crippen LogP contribution in [0.3, 0.4) is 0 Å². The molecule has 2 aromatic carbocycles. The summed E-state index contributed by atoms with van der Waals surface area (Å²) < 4.78 is 5.84. The standard InChI is InChI=1S/C20H23NO/c1-14-11-16(3)20(17(4)12-14)18(13-21)9-10-22-19-8-6-5-7-15(19)2/h5-8,11-12,18H,9-10H2,1-4H3. The molecule has 22 heavy (non-hydrogen) atoms. The van der Waals surface area contributed by atoms with Crippen molar-refractivity contribution in [2.24, 2.45) is 0 Å². The Balaban J connectivity index is 2.08. The Morgan fingerprint density at radius 1 is 1.00 bits per heavy atom. The van der Waals surface area contributed by atoms with Gasteiger partial charge in [0.05, 0.1) is 18.6 Å². The highest BCUT2D eigenvalue weighted by molar-refractivity contribution is 5.42. The molecule has 2 nitrogen and oxygen atoms in total. The van der Waals surface area contributed by atoms with Gasteiger partial charge in [-0.2, -0.15) is 5.26 Å². The van der Waals surface area contributed by atoms with E-state index in [1.165, 1.54) is 16.7 Å². The fourth-order valence-corrected chi connectivity index (χ4v) is 3.02. The second kappa shape index (κ2) is 7.13. The van der Waals surface area contributed by atoms with Crippen molar-refractivity contribution in [1.82, 2.24) is 0 Å². The first-order valence-corrected chi connectivity index (χ1v) is 7.68. The molecule has 0 fully saturated rings. The van der Waals surface area contributed by atoms with Crippen molar-refractivity contribution in [3.63, 3.8) is 0 Å². The lowest BCUT2D eigenvalue weighted by Gasteiger charge is -2.17. The second-order valence-corrected chi connectivity index (χ2v) is 5.90. The smallest absolute Gasteiger partial charge is 0.122 e. The maximum absolute atomic E-state index is 9.54. The summed E-state index contributed by atoms with van der Waals surface area (Å²) in [6.45, 7) is 8.84. The van der Waals surface area contributed by atoms with E-state index in [9.17, 15) is 5.26 Å². The molecule has 0 heterocycles. The Bertz CT molecular complexity index is 674. The maximum atomic E-state index is 9.54. The molecule has 0 aliphatic heterocycles. The first kappa shape index (κ1) is 16.1. The molecule has 2 rings (SSSR count). The first-order valence-electron chi connectivity index (χ1n) is 7.68. The summed E-state index contributed by atoms with van der Waals surface area (Å²) in [6.07, 6.45) is 0.704. The number of hydrogen-bond acceptors (Lipinski definition) is 2. The molecule has 0 aliphatic rings. The summed E-state index contributed by atoms with van der Waals surface area (Å²) in [5, 5.41) is 9.54. The Labute approximate surface area is 133 Å². The normalized spacial score (nSPS) is 11.8. The summed E-state index contributed by atoms with van der Waals surface area (Å²) in [5.41, 5.74) is 5.91. The van der Waals surface area contributed by atoms with Gasteiger partial charge in [-0.15, -0.1) is 0 Å². The van der Waals surface area contributed by atoms with Crippen molar-refractivity contribution in [3.05, 3.63) is 64.2 Å². The Morgan fingerprint density at radius 3 is 2.23 bits per heavy atom. The van der Waals surface area contributed by atoms with E-state index >= 15 is 0 Å². The second-order valence-electron chi connectivity index (χ2n) is 5.90. The molecule has 0 saturated heterocycles. The summed E-state index contributed by atoms with van der Waals surface area (Å²) in [6, 6.07) is 14.7. The SMILES string of the molecule is Cc1cc(C)c(C(C#N)CCOc2ccccc2C)c(C)c1. The summed E-state index contributed by atoms with van der Waals surface area (Å²) in [7, 11) is 0. The number of hydrogen-bond donors (Lipinski definition) is 0. The van der Waals surface area contributed by atoms with Crippen LogP contribution in [0.25, 0.3) is 0 Å². The third-order valence-corrected chi connectivity index (χ3v) is 4.00. The first-order chi connectivity index (χ1) is 10.5. The molecule has 114 valence electrons. The van der Waals surface area contributed by atoms with Crippen molar-refractivity contribution < 1.29 is 4.74 Å². The number of nitriles is 1. The Hall–Kier alpha value is -2.27. The number of para-hydroxylation sites is 1. The molecule has 1 atom stereocenters. The molecule has 0 radical (unpaired) electrons. The lowest BCUT2D eigenvalue weighted by Crippen LogP contribution is -2.08. The molecule has 2 aromatic rings. The van der Waals surface area contributed by atoms with E-state index in [2.05, 4.69) is 39.0 Å². The van der Waals surface area contributed by atoms with Crippen molar-refractivity contribution in [1.29, 1.82) is 5.26 Å². The summed E-state index contributed by atoms with van der Waals surface area (Å²) in [4.78, 5) is 0. The minimum atomic E-state index is -0.121. The highest BCUT2D eigenvalue weighted by Crippen LogP contribution is 2.28. The fraction of sp³-hybridized carbons (Fsp3) is 0.350. The van der Waals surface area contributed by atoms with E-state index in [1.54, 1.807) is 0 Å². The molecule has 0 N–H and O–H groups in total. The zero-order valence-electron chi connectivity index (χ0n) is 13.8. The minimum Gasteiger partial charge on any atom is -0.493 e. The zero-order valence-corrected chi connectivity index (χ0v) is 13.8. The van der Waals surface area contributed by atoms with Gasteiger partial charge in [0.25, 0.3) is 0 Å². The number of nitrogens with zero attached hydrogens (tertiary/aromatic N) is 1. The van der Waals surface area contributed by atoms with Gasteiger partial charge in [0.1, 0.15) is 5.75 Å². The molecule has 0 amide bonds. The molecule has 0 saturated carbocycles.